The molecule has 0 aliphatic heterocycles. The van der Waals surface area contributed by atoms with E-state index in [1.165, 1.54) is 12.0 Å². The Hall–Kier alpha value is -3.23. The van der Waals surface area contributed by atoms with E-state index in [0.29, 0.717) is 25.8 Å². The zero-order chi connectivity index (χ0) is 23.9. The highest BCUT2D eigenvalue weighted by Crippen LogP contribution is 2.13. The Kier molecular flexibility index (Phi) is 11.6. The second kappa shape index (κ2) is 14.8. The number of rotatable bonds is 14. The van der Waals surface area contributed by atoms with Crippen LogP contribution in [0, 0.1) is 0 Å². The number of unbranched alkanes of at least 4 members (excludes halogenated alkanes) is 1. The molecule has 0 bridgehead atoms. The number of carbonyl (C=O) groups is 3. The van der Waals surface area contributed by atoms with E-state index in [2.05, 4.69) is 0 Å². The topological polar surface area (TPSA) is 108 Å². The van der Waals surface area contributed by atoms with Gasteiger partial charge in [-0.3, -0.25) is 19.3 Å². The van der Waals surface area contributed by atoms with Crippen LogP contribution >= 0.6 is 0 Å². The molecule has 8 nitrogen and oxygen atoms in total. The molecule has 8 heteroatoms. The Morgan fingerprint density at radius 1 is 0.818 bits per heavy atom. The van der Waals surface area contributed by atoms with Crippen LogP contribution in [0.3, 0.4) is 0 Å². The minimum absolute atomic E-state index is 0.0992. The van der Waals surface area contributed by atoms with Crippen molar-refractivity contribution in [1.82, 2.24) is 4.90 Å². The number of nitrogens with two attached hydrogens (primary N) is 1. The van der Waals surface area contributed by atoms with E-state index in [1.807, 2.05) is 60.7 Å². The Labute approximate surface area is 194 Å². The van der Waals surface area contributed by atoms with Crippen LogP contribution in [-0.2, 0) is 41.8 Å². The Morgan fingerprint density at radius 3 is 1.73 bits per heavy atom. The fraction of sp³-hybridized carbons (Fsp3) is 0.400. The third-order valence-corrected chi connectivity index (χ3v) is 5.00. The molecule has 0 saturated carbocycles. The molecule has 0 aliphatic rings. The standard InChI is InChI=1S/C25H32N2O6/c1-31-25(30)22(14-8-9-15-26)27(16-23(28)32-18-20-10-4-2-5-11-20)17-24(29)33-19-21-12-6-3-7-13-21/h2-7,10-13,22H,8-9,14-19,26H2,1H3/t22-/m0/s1. The number of ether oxygens (including phenoxy) is 3. The van der Waals surface area contributed by atoms with Crippen molar-refractivity contribution in [2.24, 2.45) is 5.73 Å². The van der Waals surface area contributed by atoms with Gasteiger partial charge in [-0.25, -0.2) is 0 Å². The van der Waals surface area contributed by atoms with Crippen LogP contribution in [-0.4, -0.2) is 55.6 Å². The molecule has 2 N–H and O–H groups in total. The van der Waals surface area contributed by atoms with Gasteiger partial charge in [0, 0.05) is 0 Å². The molecule has 2 aromatic rings. The summed E-state index contributed by atoms with van der Waals surface area (Å²) < 4.78 is 15.6. The summed E-state index contributed by atoms with van der Waals surface area (Å²) >= 11 is 0. The van der Waals surface area contributed by atoms with Gasteiger partial charge < -0.3 is 19.9 Å². The highest BCUT2D eigenvalue weighted by Gasteiger charge is 2.30. The molecule has 0 unspecified atom stereocenters. The first kappa shape index (κ1) is 26.0. The average Bonchev–Trinajstić information content (AvgIpc) is 2.84. The summed E-state index contributed by atoms with van der Waals surface area (Å²) in [6, 6.07) is 17.7. The maximum Gasteiger partial charge on any atom is 0.323 e. The molecule has 0 saturated heterocycles. The minimum atomic E-state index is -0.796. The second-order valence-electron chi connectivity index (χ2n) is 7.52. The molecule has 0 amide bonds. The van der Waals surface area contributed by atoms with Crippen molar-refractivity contribution in [3.05, 3.63) is 71.8 Å². The van der Waals surface area contributed by atoms with Gasteiger partial charge in [-0.2, -0.15) is 0 Å². The van der Waals surface area contributed by atoms with Gasteiger partial charge in [0.2, 0.25) is 0 Å². The van der Waals surface area contributed by atoms with Gasteiger partial charge in [0.25, 0.3) is 0 Å². The van der Waals surface area contributed by atoms with Gasteiger partial charge in [0.1, 0.15) is 19.3 Å². The predicted molar refractivity (Wildman–Crippen MR) is 123 cm³/mol. The summed E-state index contributed by atoms with van der Waals surface area (Å²) in [5.41, 5.74) is 7.25. The largest absolute Gasteiger partial charge is 0.468 e. The number of carbonyl (C=O) groups excluding carboxylic acids is 3. The normalized spacial score (nSPS) is 11.6. The van der Waals surface area contributed by atoms with Crippen molar-refractivity contribution in [2.75, 3.05) is 26.7 Å². The molecule has 0 fully saturated rings. The first-order valence-corrected chi connectivity index (χ1v) is 10.9. The van der Waals surface area contributed by atoms with Crippen molar-refractivity contribution >= 4 is 17.9 Å². The molecule has 1 atom stereocenters. The third-order valence-electron chi connectivity index (χ3n) is 5.00. The van der Waals surface area contributed by atoms with Crippen molar-refractivity contribution in [2.45, 2.75) is 38.5 Å². The van der Waals surface area contributed by atoms with E-state index in [-0.39, 0.29) is 26.3 Å². The van der Waals surface area contributed by atoms with Crippen LogP contribution in [0.1, 0.15) is 30.4 Å². The predicted octanol–water partition coefficient (Wildman–Crippen LogP) is 2.45. The summed E-state index contributed by atoms with van der Waals surface area (Å²) in [5.74, 6) is -1.64. The summed E-state index contributed by atoms with van der Waals surface area (Å²) in [4.78, 5) is 39.0. The Morgan fingerprint density at radius 2 is 1.30 bits per heavy atom. The fourth-order valence-corrected chi connectivity index (χ4v) is 3.24. The Bertz CT molecular complexity index is 802. The van der Waals surface area contributed by atoms with Crippen LogP contribution < -0.4 is 5.73 Å². The number of methoxy groups -OCH3 is 1. The lowest BCUT2D eigenvalue weighted by atomic mass is 10.1. The quantitative estimate of drug-likeness (QED) is 0.262. The molecular formula is C25H32N2O6. The van der Waals surface area contributed by atoms with Crippen LogP contribution in [0.5, 0.6) is 0 Å². The van der Waals surface area contributed by atoms with E-state index < -0.39 is 23.9 Å². The van der Waals surface area contributed by atoms with Gasteiger partial charge >= 0.3 is 17.9 Å². The van der Waals surface area contributed by atoms with E-state index in [0.717, 1.165) is 11.1 Å². The van der Waals surface area contributed by atoms with Gasteiger partial charge in [-0.05, 0) is 30.5 Å². The maximum atomic E-state index is 12.5. The highest BCUT2D eigenvalue weighted by atomic mass is 16.5. The first-order valence-electron chi connectivity index (χ1n) is 10.9. The number of benzene rings is 2. The number of esters is 3. The van der Waals surface area contributed by atoms with Crippen molar-refractivity contribution in [3.8, 4) is 0 Å². The molecule has 2 aromatic carbocycles. The van der Waals surface area contributed by atoms with E-state index in [9.17, 15) is 14.4 Å². The number of nitrogens with zero attached hydrogens (tertiary/aromatic N) is 1. The molecule has 0 aromatic heterocycles. The van der Waals surface area contributed by atoms with Crippen molar-refractivity contribution < 1.29 is 28.6 Å². The average molecular weight is 457 g/mol. The third kappa shape index (κ3) is 9.84. The first-order chi connectivity index (χ1) is 16.0. The van der Waals surface area contributed by atoms with Gasteiger partial charge in [0.15, 0.2) is 0 Å². The molecule has 0 spiro atoms. The van der Waals surface area contributed by atoms with Crippen LogP contribution in [0.4, 0.5) is 0 Å². The molecule has 0 heterocycles. The zero-order valence-corrected chi connectivity index (χ0v) is 19.0. The van der Waals surface area contributed by atoms with Crippen molar-refractivity contribution in [1.29, 1.82) is 0 Å². The second-order valence-corrected chi connectivity index (χ2v) is 7.52. The minimum Gasteiger partial charge on any atom is -0.468 e. The zero-order valence-electron chi connectivity index (χ0n) is 19.0. The molecule has 0 radical (unpaired) electrons. The van der Waals surface area contributed by atoms with Crippen LogP contribution in [0.2, 0.25) is 0 Å². The summed E-state index contributed by atoms with van der Waals surface area (Å²) in [7, 11) is 1.28. The molecule has 0 aliphatic carbocycles. The smallest absolute Gasteiger partial charge is 0.323 e. The van der Waals surface area contributed by atoms with Crippen LogP contribution in [0.15, 0.2) is 60.7 Å². The van der Waals surface area contributed by atoms with Gasteiger partial charge in [0.05, 0.1) is 20.2 Å². The molecule has 33 heavy (non-hydrogen) atoms. The van der Waals surface area contributed by atoms with Crippen LogP contribution in [0.25, 0.3) is 0 Å². The molecular weight excluding hydrogens is 424 g/mol. The van der Waals surface area contributed by atoms with Crippen molar-refractivity contribution in [3.63, 3.8) is 0 Å². The Balaban J connectivity index is 2.04. The number of hydrogen-bond acceptors (Lipinski definition) is 8. The van der Waals surface area contributed by atoms with E-state index >= 15 is 0 Å². The summed E-state index contributed by atoms with van der Waals surface area (Å²) in [6.45, 7) is 0.168. The summed E-state index contributed by atoms with van der Waals surface area (Å²) in [5, 5.41) is 0. The van der Waals surface area contributed by atoms with E-state index in [1.54, 1.807) is 0 Å². The lowest BCUT2D eigenvalue weighted by Crippen LogP contribution is -2.47. The van der Waals surface area contributed by atoms with Gasteiger partial charge in [-0.1, -0.05) is 67.1 Å². The summed E-state index contributed by atoms with van der Waals surface area (Å²) in [6.07, 6.45) is 1.74. The lowest BCUT2D eigenvalue weighted by Gasteiger charge is -2.28. The SMILES string of the molecule is COC(=O)[C@H](CCCCN)N(CC(=O)OCc1ccccc1)CC(=O)OCc1ccccc1. The molecule has 2 rings (SSSR count). The van der Waals surface area contributed by atoms with Gasteiger partial charge in [-0.15, -0.1) is 0 Å². The highest BCUT2D eigenvalue weighted by molar-refractivity contribution is 5.80. The maximum absolute atomic E-state index is 12.5. The van der Waals surface area contributed by atoms with E-state index in [4.69, 9.17) is 19.9 Å². The monoisotopic (exact) mass is 456 g/mol. The fourth-order valence-electron chi connectivity index (χ4n) is 3.24. The molecule has 178 valence electrons. The lowest BCUT2D eigenvalue weighted by molar-refractivity contribution is -0.156. The number of hydrogen-bond donors (Lipinski definition) is 1.